The van der Waals surface area contributed by atoms with Crippen LogP contribution >= 0.6 is 0 Å². The first-order chi connectivity index (χ1) is 13.3. The first kappa shape index (κ1) is 19.6. The second-order valence-corrected chi connectivity index (χ2v) is 8.38. The summed E-state index contributed by atoms with van der Waals surface area (Å²) < 4.78 is 27.7. The van der Waals surface area contributed by atoms with Gasteiger partial charge in [0.1, 0.15) is 0 Å². The Hall–Kier alpha value is -3.12. The number of benzene rings is 3. The number of amides is 1. The first-order valence-electron chi connectivity index (χ1n) is 8.83. The second-order valence-electron chi connectivity index (χ2n) is 6.70. The van der Waals surface area contributed by atoms with Crippen LogP contribution in [0.15, 0.2) is 71.6 Å². The summed E-state index contributed by atoms with van der Waals surface area (Å²) in [6.07, 6.45) is 0. The van der Waals surface area contributed by atoms with Crippen LogP contribution in [0.2, 0.25) is 0 Å². The molecule has 0 bridgehead atoms. The minimum atomic E-state index is -3.69. The van der Waals surface area contributed by atoms with Crippen molar-refractivity contribution < 1.29 is 13.2 Å². The highest BCUT2D eigenvalue weighted by Gasteiger charge is 2.15. The molecule has 144 valence electrons. The molecule has 0 heterocycles. The van der Waals surface area contributed by atoms with Crippen LogP contribution in [0.25, 0.3) is 0 Å². The smallest absolute Gasteiger partial charge is 0.261 e. The lowest BCUT2D eigenvalue weighted by Gasteiger charge is -2.11. The van der Waals surface area contributed by atoms with Gasteiger partial charge in [0.05, 0.1) is 4.90 Å². The lowest BCUT2D eigenvalue weighted by molar-refractivity contribution is 0.102. The molecule has 1 amide bonds. The largest absolute Gasteiger partial charge is 0.322 e. The number of nitrogens with one attached hydrogen (secondary N) is 2. The number of carbonyl (C=O) groups excluding carboxylic acids is 1. The summed E-state index contributed by atoms with van der Waals surface area (Å²) in [6.45, 7) is 5.72. The third-order valence-corrected chi connectivity index (χ3v) is 5.96. The van der Waals surface area contributed by atoms with Crippen LogP contribution in [0.3, 0.4) is 0 Å². The Morgan fingerprint density at radius 3 is 2.11 bits per heavy atom. The molecule has 0 aromatic heterocycles. The fraction of sp³-hybridized carbons (Fsp3) is 0.136. The van der Waals surface area contributed by atoms with Gasteiger partial charge < -0.3 is 5.32 Å². The zero-order valence-electron chi connectivity index (χ0n) is 16.0. The zero-order chi connectivity index (χ0) is 20.3. The van der Waals surface area contributed by atoms with E-state index in [4.69, 9.17) is 0 Å². The summed E-state index contributed by atoms with van der Waals surface area (Å²) in [5.41, 5.74) is 4.48. The number of sulfonamides is 1. The van der Waals surface area contributed by atoms with Gasteiger partial charge in [-0.1, -0.05) is 24.3 Å². The van der Waals surface area contributed by atoms with Crippen molar-refractivity contribution in [2.24, 2.45) is 0 Å². The minimum Gasteiger partial charge on any atom is -0.322 e. The number of hydrogen-bond acceptors (Lipinski definition) is 3. The molecular formula is C22H22N2O3S. The Balaban J connectivity index is 1.74. The SMILES string of the molecule is Cc1ccc(S(=O)(=O)Nc2ccc(C(=O)Nc3ccccc3C)cc2)cc1C. The molecule has 3 aromatic carbocycles. The van der Waals surface area contributed by atoms with E-state index in [9.17, 15) is 13.2 Å². The van der Waals surface area contributed by atoms with Crippen molar-refractivity contribution in [3.63, 3.8) is 0 Å². The van der Waals surface area contributed by atoms with Gasteiger partial charge in [-0.3, -0.25) is 9.52 Å². The molecule has 0 aliphatic rings. The molecule has 0 atom stereocenters. The van der Waals surface area contributed by atoms with Gasteiger partial charge in [0, 0.05) is 16.9 Å². The van der Waals surface area contributed by atoms with E-state index in [0.29, 0.717) is 11.3 Å². The Morgan fingerprint density at radius 1 is 0.786 bits per heavy atom. The van der Waals surface area contributed by atoms with Crippen LogP contribution < -0.4 is 10.0 Å². The fourth-order valence-electron chi connectivity index (χ4n) is 2.69. The summed E-state index contributed by atoms with van der Waals surface area (Å²) in [5.74, 6) is -0.252. The van der Waals surface area contributed by atoms with Gasteiger partial charge >= 0.3 is 0 Å². The molecule has 6 heteroatoms. The number of anilines is 2. The third kappa shape index (κ3) is 4.40. The summed E-state index contributed by atoms with van der Waals surface area (Å²) in [5, 5.41) is 2.85. The molecule has 28 heavy (non-hydrogen) atoms. The van der Waals surface area contributed by atoms with E-state index in [1.807, 2.05) is 45.0 Å². The fourth-order valence-corrected chi connectivity index (χ4v) is 3.84. The summed E-state index contributed by atoms with van der Waals surface area (Å²) >= 11 is 0. The Bertz CT molecular complexity index is 1120. The molecule has 0 spiro atoms. The lowest BCUT2D eigenvalue weighted by atomic mass is 10.1. The van der Waals surface area contributed by atoms with E-state index in [1.165, 1.54) is 0 Å². The Morgan fingerprint density at radius 2 is 1.46 bits per heavy atom. The molecule has 0 saturated heterocycles. The topological polar surface area (TPSA) is 75.3 Å². The average molecular weight is 394 g/mol. The number of aryl methyl sites for hydroxylation is 3. The standard InChI is InChI=1S/C22H22N2O3S/c1-15-8-13-20(14-17(15)3)28(26,27)24-19-11-9-18(10-12-19)22(25)23-21-7-5-4-6-16(21)2/h4-14,24H,1-3H3,(H,23,25). The average Bonchev–Trinajstić information content (AvgIpc) is 2.66. The van der Waals surface area contributed by atoms with E-state index in [1.54, 1.807) is 42.5 Å². The van der Waals surface area contributed by atoms with Crippen LogP contribution in [0.4, 0.5) is 11.4 Å². The van der Waals surface area contributed by atoms with Crippen LogP contribution in [0.1, 0.15) is 27.0 Å². The lowest BCUT2D eigenvalue weighted by Crippen LogP contribution is -2.14. The molecule has 3 aromatic rings. The zero-order valence-corrected chi connectivity index (χ0v) is 16.8. The maximum atomic E-state index is 12.6. The van der Waals surface area contributed by atoms with Gasteiger partial charge in [-0.25, -0.2) is 8.42 Å². The van der Waals surface area contributed by atoms with E-state index >= 15 is 0 Å². The van der Waals surface area contributed by atoms with Crippen LogP contribution in [-0.2, 0) is 10.0 Å². The maximum Gasteiger partial charge on any atom is 0.261 e. The van der Waals surface area contributed by atoms with E-state index in [-0.39, 0.29) is 10.8 Å². The van der Waals surface area contributed by atoms with Gasteiger partial charge in [0.25, 0.3) is 15.9 Å². The second kappa shape index (κ2) is 7.86. The van der Waals surface area contributed by atoms with E-state index < -0.39 is 10.0 Å². The van der Waals surface area contributed by atoms with Crippen molar-refractivity contribution in [3.05, 3.63) is 89.0 Å². The minimum absolute atomic E-state index is 0.206. The molecule has 0 fully saturated rings. The maximum absolute atomic E-state index is 12.6. The van der Waals surface area contributed by atoms with Crippen molar-refractivity contribution in [1.82, 2.24) is 0 Å². The van der Waals surface area contributed by atoms with Gasteiger partial charge in [-0.2, -0.15) is 0 Å². The summed E-state index contributed by atoms with van der Waals surface area (Å²) in [6, 6.07) is 18.8. The molecule has 2 N–H and O–H groups in total. The van der Waals surface area contributed by atoms with Crippen molar-refractivity contribution in [2.45, 2.75) is 25.7 Å². The summed E-state index contributed by atoms with van der Waals surface area (Å²) in [4.78, 5) is 12.6. The van der Waals surface area contributed by atoms with Gasteiger partial charge in [0.2, 0.25) is 0 Å². The Kier molecular flexibility index (Phi) is 5.51. The highest BCUT2D eigenvalue weighted by atomic mass is 32.2. The van der Waals surface area contributed by atoms with Gasteiger partial charge in [-0.15, -0.1) is 0 Å². The van der Waals surface area contributed by atoms with Crippen molar-refractivity contribution >= 4 is 27.3 Å². The molecule has 0 aliphatic carbocycles. The highest BCUT2D eigenvalue weighted by molar-refractivity contribution is 7.92. The van der Waals surface area contributed by atoms with E-state index in [2.05, 4.69) is 10.0 Å². The van der Waals surface area contributed by atoms with Gasteiger partial charge in [-0.05, 0) is 79.9 Å². The predicted octanol–water partition coefficient (Wildman–Crippen LogP) is 4.66. The van der Waals surface area contributed by atoms with Crippen LogP contribution in [0.5, 0.6) is 0 Å². The number of carbonyl (C=O) groups is 1. The van der Waals surface area contributed by atoms with Crippen molar-refractivity contribution in [3.8, 4) is 0 Å². The van der Waals surface area contributed by atoms with Gasteiger partial charge in [0.15, 0.2) is 0 Å². The number of rotatable bonds is 5. The number of para-hydroxylation sites is 1. The van der Waals surface area contributed by atoms with Crippen molar-refractivity contribution in [1.29, 1.82) is 0 Å². The highest BCUT2D eigenvalue weighted by Crippen LogP contribution is 2.20. The normalized spacial score (nSPS) is 11.1. The Labute approximate surface area is 165 Å². The van der Waals surface area contributed by atoms with Crippen LogP contribution in [-0.4, -0.2) is 14.3 Å². The predicted molar refractivity (Wildman–Crippen MR) is 112 cm³/mol. The molecule has 3 rings (SSSR count). The molecule has 0 saturated carbocycles. The molecular weight excluding hydrogens is 372 g/mol. The molecule has 0 unspecified atom stereocenters. The monoisotopic (exact) mass is 394 g/mol. The molecule has 0 aliphatic heterocycles. The third-order valence-electron chi connectivity index (χ3n) is 4.58. The van der Waals surface area contributed by atoms with Crippen LogP contribution in [0, 0.1) is 20.8 Å². The summed E-state index contributed by atoms with van der Waals surface area (Å²) in [7, 11) is -3.69. The van der Waals surface area contributed by atoms with Crippen molar-refractivity contribution in [2.75, 3.05) is 10.0 Å². The molecule has 0 radical (unpaired) electrons. The number of hydrogen-bond donors (Lipinski definition) is 2. The molecule has 5 nitrogen and oxygen atoms in total. The van der Waals surface area contributed by atoms with E-state index in [0.717, 1.165) is 22.4 Å². The quantitative estimate of drug-likeness (QED) is 0.661. The first-order valence-corrected chi connectivity index (χ1v) is 10.3.